The minimum atomic E-state index is 0. The average molecular weight is 254 g/mol. The molecule has 0 aromatic carbocycles. The molecule has 3 aliphatic rings. The Labute approximate surface area is 110 Å². The molecule has 0 amide bonds. The lowest BCUT2D eigenvalue weighted by Crippen LogP contribution is -2.15. The highest BCUT2D eigenvalue weighted by Gasteiger charge is 2.48. The zero-order valence-corrected chi connectivity index (χ0v) is 9.37. The summed E-state index contributed by atoms with van der Waals surface area (Å²) in [5.41, 5.74) is 0. The summed E-state index contributed by atoms with van der Waals surface area (Å²) in [5, 5.41) is 10.8. The Morgan fingerprint density at radius 3 is 1.44 bits per heavy atom. The first-order chi connectivity index (χ1) is 7.78. The van der Waals surface area contributed by atoms with E-state index >= 15 is 0 Å². The first-order valence-electron chi connectivity index (χ1n) is 5.86. The molecule has 2 N–H and O–H groups in total. The van der Waals surface area contributed by atoms with E-state index < -0.39 is 0 Å². The van der Waals surface area contributed by atoms with Crippen LogP contribution < -0.4 is 0 Å². The van der Waals surface area contributed by atoms with Crippen molar-refractivity contribution in [2.45, 2.75) is 53.4 Å². The highest BCUT2D eigenvalue weighted by atomic mass is 16.1. The predicted octanol–water partition coefficient (Wildman–Crippen LogP) is 3.91. The molecule has 3 fully saturated rings. The van der Waals surface area contributed by atoms with Crippen molar-refractivity contribution in [2.24, 2.45) is 23.7 Å². The molecule has 0 aliphatic heterocycles. The molecule has 4 heteroatoms. The lowest BCUT2D eigenvalue weighted by molar-refractivity contribution is 0.259. The summed E-state index contributed by atoms with van der Waals surface area (Å²) in [6.45, 7) is 0. The van der Waals surface area contributed by atoms with Gasteiger partial charge < -0.3 is 0 Å². The van der Waals surface area contributed by atoms with E-state index in [2.05, 4.69) is 0 Å². The van der Waals surface area contributed by atoms with Crippen molar-refractivity contribution < 1.29 is 9.59 Å². The summed E-state index contributed by atoms with van der Waals surface area (Å²) < 4.78 is 0. The normalized spacial score (nSPS) is 32.9. The monoisotopic (exact) mass is 254 g/mol. The van der Waals surface area contributed by atoms with Crippen molar-refractivity contribution in [3.8, 4) is 0 Å². The molecule has 2 bridgehead atoms. The van der Waals surface area contributed by atoms with Crippen LogP contribution in [0.2, 0.25) is 0 Å². The lowest BCUT2D eigenvalue weighted by atomic mass is 9.82. The van der Waals surface area contributed by atoms with Gasteiger partial charge in [0.2, 0.25) is 12.2 Å². The Balaban J connectivity index is 0. The summed E-state index contributed by atoms with van der Waals surface area (Å²) in [6.07, 6.45) is 11.0. The smallest absolute Gasteiger partial charge is 0.222 e. The maximum Gasteiger partial charge on any atom is 0.231 e. The van der Waals surface area contributed by atoms with Crippen LogP contribution in [0.5, 0.6) is 0 Å². The molecule has 0 aromatic rings. The maximum atomic E-state index is 8.35. The van der Waals surface area contributed by atoms with Crippen molar-refractivity contribution in [1.82, 2.24) is 0 Å². The van der Waals surface area contributed by atoms with Gasteiger partial charge in [-0.25, -0.2) is 20.4 Å². The maximum absolute atomic E-state index is 8.35. The number of isocyanates is 2. The SMILES string of the molecule is C.C.C1CC2C3CCC(C3)C2C1.N=C=O.N=C=O. The molecule has 104 valence electrons. The third kappa shape index (κ3) is 4.21. The van der Waals surface area contributed by atoms with Crippen LogP contribution in [0.15, 0.2) is 0 Å². The van der Waals surface area contributed by atoms with Gasteiger partial charge in [-0.2, -0.15) is 0 Å². The van der Waals surface area contributed by atoms with E-state index in [1.165, 1.54) is 23.7 Å². The standard InChI is InChI=1S/C10H16.2CHNO.2CH4/c1-2-9-7-4-5-8(6-7)10(9)3-1;2*2-1-3;;/h7-10H,1-6H2;2*2H;2*1H4. The first-order valence-corrected chi connectivity index (χ1v) is 5.86. The summed E-state index contributed by atoms with van der Waals surface area (Å²) >= 11 is 0. The van der Waals surface area contributed by atoms with E-state index in [4.69, 9.17) is 20.4 Å². The van der Waals surface area contributed by atoms with Crippen LogP contribution in [-0.2, 0) is 9.59 Å². The number of nitrogens with one attached hydrogen (secondary N) is 2. The Kier molecular flexibility index (Phi) is 10.4. The fraction of sp³-hybridized carbons (Fsp3) is 0.857. The van der Waals surface area contributed by atoms with Crippen LogP contribution in [0.3, 0.4) is 0 Å². The fourth-order valence-corrected chi connectivity index (χ4v) is 4.02. The van der Waals surface area contributed by atoms with Gasteiger partial charge in [0.15, 0.2) is 0 Å². The summed E-state index contributed by atoms with van der Waals surface area (Å²) in [5.74, 6) is 4.80. The Morgan fingerprint density at radius 1 is 0.778 bits per heavy atom. The van der Waals surface area contributed by atoms with E-state index in [1.807, 2.05) is 0 Å². The van der Waals surface area contributed by atoms with Gasteiger partial charge >= 0.3 is 0 Å². The van der Waals surface area contributed by atoms with Crippen molar-refractivity contribution in [3.05, 3.63) is 0 Å². The lowest BCUT2D eigenvalue weighted by Gasteiger charge is -2.23. The second-order valence-corrected chi connectivity index (χ2v) is 4.80. The van der Waals surface area contributed by atoms with Crippen LogP contribution in [-0.4, -0.2) is 12.2 Å². The highest BCUT2D eigenvalue weighted by molar-refractivity contribution is 5.26. The molecule has 3 saturated carbocycles. The number of carbonyl (C=O) groups excluding carboxylic acids is 2. The molecular weight excluding hydrogens is 228 g/mol. The molecule has 0 radical (unpaired) electrons. The zero-order valence-electron chi connectivity index (χ0n) is 9.37. The second kappa shape index (κ2) is 9.76. The quantitative estimate of drug-likeness (QED) is 0.507. The van der Waals surface area contributed by atoms with E-state index in [-0.39, 0.29) is 14.9 Å². The third-order valence-electron chi connectivity index (χ3n) is 4.35. The van der Waals surface area contributed by atoms with E-state index in [9.17, 15) is 0 Å². The van der Waals surface area contributed by atoms with E-state index in [1.54, 1.807) is 38.5 Å². The van der Waals surface area contributed by atoms with Crippen LogP contribution in [0.4, 0.5) is 0 Å². The van der Waals surface area contributed by atoms with E-state index in [0.717, 1.165) is 12.2 Å². The Morgan fingerprint density at radius 2 is 1.11 bits per heavy atom. The van der Waals surface area contributed by atoms with Gasteiger partial charge in [0.25, 0.3) is 0 Å². The van der Waals surface area contributed by atoms with Gasteiger partial charge in [0.05, 0.1) is 0 Å². The fourth-order valence-electron chi connectivity index (χ4n) is 4.02. The number of rotatable bonds is 0. The van der Waals surface area contributed by atoms with Crippen molar-refractivity contribution in [3.63, 3.8) is 0 Å². The molecule has 4 atom stereocenters. The molecule has 18 heavy (non-hydrogen) atoms. The van der Waals surface area contributed by atoms with Gasteiger partial charge in [-0.15, -0.1) is 0 Å². The topological polar surface area (TPSA) is 81.8 Å². The molecule has 4 unspecified atom stereocenters. The van der Waals surface area contributed by atoms with Crippen LogP contribution in [0.25, 0.3) is 0 Å². The van der Waals surface area contributed by atoms with Gasteiger partial charge in [-0.05, 0) is 55.8 Å². The highest BCUT2D eigenvalue weighted by Crippen LogP contribution is 2.58. The zero-order chi connectivity index (χ0) is 12.0. The minimum Gasteiger partial charge on any atom is -0.222 e. The molecule has 0 heterocycles. The van der Waals surface area contributed by atoms with Crippen LogP contribution in [0.1, 0.15) is 53.4 Å². The van der Waals surface area contributed by atoms with Crippen molar-refractivity contribution in [1.29, 1.82) is 10.8 Å². The minimum absolute atomic E-state index is 0. The Hall–Kier alpha value is -1.24. The van der Waals surface area contributed by atoms with Gasteiger partial charge in [0, 0.05) is 0 Å². The van der Waals surface area contributed by atoms with Crippen LogP contribution >= 0.6 is 0 Å². The number of fused-ring (bicyclic) bond motifs is 5. The van der Waals surface area contributed by atoms with Crippen molar-refractivity contribution >= 4 is 12.2 Å². The summed E-state index contributed by atoms with van der Waals surface area (Å²) in [4.78, 5) is 16.7. The second-order valence-electron chi connectivity index (χ2n) is 4.80. The van der Waals surface area contributed by atoms with Gasteiger partial charge in [-0.3, -0.25) is 0 Å². The summed E-state index contributed by atoms with van der Waals surface area (Å²) in [6, 6.07) is 0. The van der Waals surface area contributed by atoms with Crippen LogP contribution in [0, 0.1) is 34.5 Å². The molecule has 3 aliphatic carbocycles. The molecule has 4 nitrogen and oxygen atoms in total. The summed E-state index contributed by atoms with van der Waals surface area (Å²) in [7, 11) is 0. The average Bonchev–Trinajstić information content (AvgIpc) is 2.94. The molecule has 0 spiro atoms. The molecule has 0 saturated heterocycles. The van der Waals surface area contributed by atoms with Crippen molar-refractivity contribution in [2.75, 3.05) is 0 Å². The van der Waals surface area contributed by atoms with E-state index in [0.29, 0.717) is 0 Å². The molecule has 0 aromatic heterocycles. The molecular formula is C14H26N2O2. The Bertz CT molecular complexity index is 264. The first kappa shape index (κ1) is 19.1. The largest absolute Gasteiger partial charge is 0.231 e. The predicted molar refractivity (Wildman–Crippen MR) is 72.0 cm³/mol. The third-order valence-corrected chi connectivity index (χ3v) is 4.35. The number of hydrogen-bond acceptors (Lipinski definition) is 4. The molecule has 3 rings (SSSR count). The van der Waals surface area contributed by atoms with Gasteiger partial charge in [-0.1, -0.05) is 21.3 Å². The van der Waals surface area contributed by atoms with Gasteiger partial charge in [0.1, 0.15) is 0 Å². The number of hydrogen-bond donors (Lipinski definition) is 2.